The van der Waals surface area contributed by atoms with Crippen LogP contribution in [0, 0.1) is 50.2 Å². The van der Waals surface area contributed by atoms with Crippen molar-refractivity contribution in [3.8, 4) is 0 Å². The fourth-order valence-corrected chi connectivity index (χ4v) is 16.5. The number of ether oxygens (including phenoxy) is 8. The summed E-state index contributed by atoms with van der Waals surface area (Å²) in [7, 11) is 0. The van der Waals surface area contributed by atoms with Crippen molar-refractivity contribution in [2.75, 3.05) is 33.0 Å². The molecule has 4 heterocycles. The first kappa shape index (κ1) is 61.8. The Morgan fingerprint density at radius 1 is 0.557 bits per heavy atom. The Labute approximate surface area is 458 Å². The highest BCUT2D eigenvalue weighted by molar-refractivity contribution is 5.79. The van der Waals surface area contributed by atoms with Gasteiger partial charge in [0.15, 0.2) is 25.0 Å². The standard InChI is InChI=1S/C54H88O25/c1-49(2)11-13-54(48(71)79-47-42(77-45-40(69)36(65)32(61)26(18-56)74-45)38(67)34(63)28(76-47)20-72-44-39(68)35(64)31(60)25(17-55)73-44)14-12-52(5)22(23(54)15-49)7-8-30-50(3)16-24(59)43(51(4,21-58)29(50)9-10-53(30,52)6)78-46-41(70)37(66)33(62)27(19-57)75-46/h7,23-47,55-70H,8-21H2,1-6H3. The third kappa shape index (κ3) is 10.1. The number of carbonyl (C=O) groups excluding carboxylic acids is 1. The molecule has 0 aromatic heterocycles. The molecule has 4 saturated carbocycles. The Balaban J connectivity index is 1.01. The average molecular weight is 1140 g/mol. The molecule has 9 aliphatic rings. The van der Waals surface area contributed by atoms with Crippen molar-refractivity contribution in [2.24, 2.45) is 50.2 Å². The second kappa shape index (κ2) is 22.6. The van der Waals surface area contributed by atoms with E-state index in [0.717, 1.165) is 5.57 Å². The van der Waals surface area contributed by atoms with Crippen LogP contribution >= 0.6 is 0 Å². The lowest BCUT2D eigenvalue weighted by atomic mass is 9.33. The molecule has 8 fully saturated rings. The maximum absolute atomic E-state index is 15.6. The van der Waals surface area contributed by atoms with E-state index in [9.17, 15) is 81.7 Å². The van der Waals surface area contributed by atoms with Crippen molar-refractivity contribution in [1.82, 2.24) is 0 Å². The van der Waals surface area contributed by atoms with Gasteiger partial charge < -0.3 is 120 Å². The zero-order valence-corrected chi connectivity index (χ0v) is 45.7. The fourth-order valence-electron chi connectivity index (χ4n) is 16.5. The molecule has 0 aromatic rings. The van der Waals surface area contributed by atoms with Gasteiger partial charge in [-0.1, -0.05) is 53.2 Å². The molecule has 5 aliphatic carbocycles. The Morgan fingerprint density at radius 2 is 1.06 bits per heavy atom. The van der Waals surface area contributed by atoms with Gasteiger partial charge in [0.1, 0.15) is 91.6 Å². The molecular weight excluding hydrogens is 1050 g/mol. The summed E-state index contributed by atoms with van der Waals surface area (Å²) in [5.74, 6) is -1.43. The molecule has 30 atom stereocenters. The van der Waals surface area contributed by atoms with Gasteiger partial charge in [0.05, 0.1) is 50.7 Å². The number of carbonyl (C=O) groups is 1. The number of aliphatic hydroxyl groups is 16. The normalized spacial score (nSPS) is 54.6. The highest BCUT2D eigenvalue weighted by atomic mass is 16.8. The van der Waals surface area contributed by atoms with E-state index in [4.69, 9.17) is 37.9 Å². The van der Waals surface area contributed by atoms with Crippen molar-refractivity contribution < 1.29 is 124 Å². The lowest BCUT2D eigenvalue weighted by molar-refractivity contribution is -0.368. The molecular formula is C54H88O25. The predicted octanol–water partition coefficient (Wildman–Crippen LogP) is -4.09. The number of fused-ring (bicyclic) bond motifs is 7. The minimum Gasteiger partial charge on any atom is -0.432 e. The van der Waals surface area contributed by atoms with E-state index in [1.807, 2.05) is 6.92 Å². The molecule has 0 radical (unpaired) electrons. The molecule has 4 aliphatic heterocycles. The summed E-state index contributed by atoms with van der Waals surface area (Å²) in [6, 6.07) is 0. The van der Waals surface area contributed by atoms with Crippen LogP contribution in [-0.4, -0.2) is 256 Å². The van der Waals surface area contributed by atoms with Gasteiger partial charge >= 0.3 is 5.97 Å². The van der Waals surface area contributed by atoms with E-state index in [-0.39, 0.29) is 23.7 Å². The average Bonchev–Trinajstić information content (AvgIpc) is 2.53. The van der Waals surface area contributed by atoms with Crippen molar-refractivity contribution in [1.29, 1.82) is 0 Å². The summed E-state index contributed by atoms with van der Waals surface area (Å²) in [6.07, 6.45) is -30.1. The van der Waals surface area contributed by atoms with E-state index >= 15 is 4.79 Å². The molecule has 16 N–H and O–H groups in total. The van der Waals surface area contributed by atoms with Gasteiger partial charge in [0, 0.05) is 5.41 Å². The molecule has 0 amide bonds. The second-order valence-corrected chi connectivity index (χ2v) is 26.3. The van der Waals surface area contributed by atoms with E-state index in [0.29, 0.717) is 51.4 Å². The van der Waals surface area contributed by atoms with Crippen LogP contribution in [-0.2, 0) is 42.7 Å². The zero-order valence-electron chi connectivity index (χ0n) is 45.7. The van der Waals surface area contributed by atoms with Crippen LogP contribution in [0.2, 0.25) is 0 Å². The molecule has 454 valence electrons. The minimum absolute atomic E-state index is 0.0664. The lowest BCUT2D eigenvalue weighted by Crippen LogP contribution is -2.69. The maximum Gasteiger partial charge on any atom is 0.315 e. The molecule has 25 heteroatoms. The maximum atomic E-state index is 15.6. The SMILES string of the molecule is CC1(C)CCC2(C(=O)OC3OC(COC4OC(CO)C(O)C(O)C4O)C(O)C(O)C3OC3OC(CO)C(O)C(O)C3O)CCC3(C)C(=CCC4C5(C)CC(O)C(OC6OC(CO)C(O)C(O)C6O)C(C)(CO)C5CCC43C)C2C1. The highest BCUT2D eigenvalue weighted by Gasteiger charge is 2.72. The summed E-state index contributed by atoms with van der Waals surface area (Å²) in [5.41, 5.74) is -3.05. The largest absolute Gasteiger partial charge is 0.432 e. The first-order chi connectivity index (χ1) is 37.0. The van der Waals surface area contributed by atoms with E-state index < -0.39 is 207 Å². The smallest absolute Gasteiger partial charge is 0.315 e. The third-order valence-corrected chi connectivity index (χ3v) is 21.5. The van der Waals surface area contributed by atoms with Crippen LogP contribution in [0.1, 0.15) is 99.3 Å². The summed E-state index contributed by atoms with van der Waals surface area (Å²) in [5, 5.41) is 172. The number of aliphatic hydroxyl groups excluding tert-OH is 16. The van der Waals surface area contributed by atoms with Gasteiger partial charge in [-0.2, -0.15) is 0 Å². The first-order valence-electron chi connectivity index (χ1n) is 28.1. The van der Waals surface area contributed by atoms with Crippen molar-refractivity contribution >= 4 is 5.97 Å². The summed E-state index contributed by atoms with van der Waals surface area (Å²) in [4.78, 5) is 15.6. The van der Waals surface area contributed by atoms with Crippen molar-refractivity contribution in [2.45, 2.75) is 234 Å². The Hall–Kier alpha value is -1.71. The predicted molar refractivity (Wildman–Crippen MR) is 266 cm³/mol. The quantitative estimate of drug-likeness (QED) is 0.0474. The number of hydrogen-bond donors (Lipinski definition) is 16. The number of allylic oxidation sites excluding steroid dienone is 2. The molecule has 25 nitrogen and oxygen atoms in total. The third-order valence-electron chi connectivity index (χ3n) is 21.5. The topological polar surface area (TPSA) is 415 Å². The summed E-state index contributed by atoms with van der Waals surface area (Å²) >= 11 is 0. The summed E-state index contributed by atoms with van der Waals surface area (Å²) in [6.45, 7) is 9.44. The highest BCUT2D eigenvalue weighted by Crippen LogP contribution is 2.76. The van der Waals surface area contributed by atoms with Crippen LogP contribution in [0.15, 0.2) is 11.6 Å². The molecule has 30 unspecified atom stereocenters. The number of hydrogen-bond acceptors (Lipinski definition) is 25. The first-order valence-corrected chi connectivity index (χ1v) is 28.1. The van der Waals surface area contributed by atoms with Crippen molar-refractivity contribution in [3.05, 3.63) is 11.6 Å². The Morgan fingerprint density at radius 3 is 1.62 bits per heavy atom. The Bertz CT molecular complexity index is 2170. The minimum atomic E-state index is -2.02. The van der Waals surface area contributed by atoms with Gasteiger partial charge in [-0.15, -0.1) is 0 Å². The van der Waals surface area contributed by atoms with Crippen LogP contribution in [0.25, 0.3) is 0 Å². The van der Waals surface area contributed by atoms with E-state index in [2.05, 4.69) is 40.7 Å². The monoisotopic (exact) mass is 1140 g/mol. The molecule has 0 bridgehead atoms. The number of rotatable bonds is 13. The van der Waals surface area contributed by atoms with Gasteiger partial charge in [0.25, 0.3) is 0 Å². The molecule has 0 spiro atoms. The van der Waals surface area contributed by atoms with E-state index in [1.165, 1.54) is 0 Å². The zero-order chi connectivity index (χ0) is 57.9. The van der Waals surface area contributed by atoms with Gasteiger partial charge in [-0.05, 0) is 97.2 Å². The van der Waals surface area contributed by atoms with Gasteiger partial charge in [-0.3, -0.25) is 4.79 Å². The van der Waals surface area contributed by atoms with Crippen LogP contribution < -0.4 is 0 Å². The van der Waals surface area contributed by atoms with E-state index in [1.54, 1.807) is 0 Å². The fraction of sp³-hybridized carbons (Fsp3) is 0.944. The van der Waals surface area contributed by atoms with Gasteiger partial charge in [-0.25, -0.2) is 0 Å². The molecule has 4 saturated heterocycles. The summed E-state index contributed by atoms with van der Waals surface area (Å²) < 4.78 is 47.5. The lowest BCUT2D eigenvalue weighted by Gasteiger charge is -2.72. The molecule has 9 rings (SSSR count). The molecule has 79 heavy (non-hydrogen) atoms. The van der Waals surface area contributed by atoms with Crippen LogP contribution in [0.5, 0.6) is 0 Å². The molecule has 0 aromatic carbocycles. The van der Waals surface area contributed by atoms with Crippen molar-refractivity contribution in [3.63, 3.8) is 0 Å². The second-order valence-electron chi connectivity index (χ2n) is 26.3. The van der Waals surface area contributed by atoms with Crippen LogP contribution in [0.4, 0.5) is 0 Å². The van der Waals surface area contributed by atoms with Crippen LogP contribution in [0.3, 0.4) is 0 Å². The number of esters is 1. The Kier molecular flexibility index (Phi) is 17.7. The van der Waals surface area contributed by atoms with Gasteiger partial charge in [0.2, 0.25) is 6.29 Å².